The summed E-state index contributed by atoms with van der Waals surface area (Å²) in [7, 11) is 0. The Morgan fingerprint density at radius 2 is 2.33 bits per heavy atom. The van der Waals surface area contributed by atoms with Crippen LogP contribution >= 0.6 is 0 Å². The minimum absolute atomic E-state index is 0.161. The van der Waals surface area contributed by atoms with E-state index in [0.717, 1.165) is 0 Å². The molecule has 1 aromatic heterocycles. The van der Waals surface area contributed by atoms with Crippen LogP contribution in [-0.2, 0) is 0 Å². The molecule has 1 aromatic carbocycles. The Labute approximate surface area is 103 Å². The smallest absolute Gasteiger partial charge is 0.335 e. The third-order valence-electron chi connectivity index (χ3n) is 2.47. The summed E-state index contributed by atoms with van der Waals surface area (Å²) in [4.78, 5) is 15.0. The van der Waals surface area contributed by atoms with Crippen molar-refractivity contribution in [3.63, 3.8) is 0 Å². The summed E-state index contributed by atoms with van der Waals surface area (Å²) in [6.45, 7) is 2.24. The Bertz CT molecular complexity index is 562. The molecule has 0 spiro atoms. The lowest BCUT2D eigenvalue weighted by Gasteiger charge is -2.03. The zero-order valence-corrected chi connectivity index (χ0v) is 9.88. The van der Waals surface area contributed by atoms with Crippen molar-refractivity contribution in [2.75, 3.05) is 11.9 Å². The van der Waals surface area contributed by atoms with Crippen LogP contribution < -0.4 is 5.32 Å². The van der Waals surface area contributed by atoms with Gasteiger partial charge in [-0.1, -0.05) is 0 Å². The third-order valence-corrected chi connectivity index (χ3v) is 2.47. The molecule has 18 heavy (non-hydrogen) atoms. The molecule has 96 valence electrons. The van der Waals surface area contributed by atoms with Gasteiger partial charge in [-0.15, -0.1) is 0 Å². The molecule has 1 unspecified atom stereocenters. The van der Waals surface area contributed by atoms with Gasteiger partial charge in [0.2, 0.25) is 0 Å². The number of fused-ring (bicyclic) bond motifs is 1. The summed E-state index contributed by atoms with van der Waals surface area (Å²) in [6.07, 6.45) is 0.194. The van der Waals surface area contributed by atoms with Crippen LogP contribution in [-0.4, -0.2) is 33.8 Å². The molecule has 0 bridgehead atoms. The summed E-state index contributed by atoms with van der Waals surface area (Å²) in [5.41, 5.74) is 1.18. The summed E-state index contributed by atoms with van der Waals surface area (Å²) in [5.74, 6) is -1.00. The number of aromatic carboxylic acids is 1. The molecule has 0 saturated carbocycles. The molecule has 0 saturated heterocycles. The van der Waals surface area contributed by atoms with Crippen LogP contribution in [0.15, 0.2) is 22.6 Å². The first-order valence-electron chi connectivity index (χ1n) is 5.62. The summed E-state index contributed by atoms with van der Waals surface area (Å²) < 4.78 is 5.37. The fourth-order valence-electron chi connectivity index (χ4n) is 1.52. The molecule has 0 amide bonds. The molecule has 0 aliphatic rings. The number of oxazole rings is 1. The lowest BCUT2D eigenvalue weighted by Crippen LogP contribution is -2.09. The van der Waals surface area contributed by atoms with Gasteiger partial charge < -0.3 is 19.9 Å². The first-order chi connectivity index (χ1) is 8.56. The highest BCUT2D eigenvalue weighted by Crippen LogP contribution is 2.20. The van der Waals surface area contributed by atoms with Crippen molar-refractivity contribution in [2.24, 2.45) is 0 Å². The number of nitrogens with one attached hydrogen (secondary N) is 1. The molecule has 2 rings (SSSR count). The first-order valence-corrected chi connectivity index (χ1v) is 5.62. The highest BCUT2D eigenvalue weighted by atomic mass is 16.4. The van der Waals surface area contributed by atoms with Crippen LogP contribution in [0.1, 0.15) is 23.7 Å². The van der Waals surface area contributed by atoms with Crippen LogP contribution in [0, 0.1) is 0 Å². The second kappa shape index (κ2) is 5.05. The molecule has 0 aliphatic carbocycles. The molecule has 0 aliphatic heterocycles. The monoisotopic (exact) mass is 250 g/mol. The van der Waals surface area contributed by atoms with Crippen LogP contribution in [0.2, 0.25) is 0 Å². The lowest BCUT2D eigenvalue weighted by atomic mass is 10.2. The van der Waals surface area contributed by atoms with Gasteiger partial charge in [-0.2, -0.15) is 4.98 Å². The Morgan fingerprint density at radius 3 is 3.00 bits per heavy atom. The number of carbonyl (C=O) groups is 1. The van der Waals surface area contributed by atoms with Crippen molar-refractivity contribution in [1.82, 2.24) is 4.98 Å². The van der Waals surface area contributed by atoms with E-state index in [9.17, 15) is 4.79 Å². The van der Waals surface area contributed by atoms with Gasteiger partial charge in [0.25, 0.3) is 6.01 Å². The number of nitrogens with zero attached hydrogens (tertiary/aromatic N) is 1. The second-order valence-corrected chi connectivity index (χ2v) is 4.07. The van der Waals surface area contributed by atoms with Crippen molar-refractivity contribution in [3.8, 4) is 0 Å². The molecule has 1 atom stereocenters. The number of rotatable bonds is 5. The highest BCUT2D eigenvalue weighted by molar-refractivity contribution is 5.92. The fraction of sp³-hybridized carbons (Fsp3) is 0.333. The van der Waals surface area contributed by atoms with E-state index in [1.807, 2.05) is 0 Å². The molecule has 2 aromatic rings. The zero-order valence-electron chi connectivity index (χ0n) is 9.88. The van der Waals surface area contributed by atoms with Crippen molar-refractivity contribution in [2.45, 2.75) is 19.4 Å². The van der Waals surface area contributed by atoms with E-state index in [2.05, 4.69) is 10.3 Å². The van der Waals surface area contributed by atoms with Crippen LogP contribution in [0.3, 0.4) is 0 Å². The highest BCUT2D eigenvalue weighted by Gasteiger charge is 2.09. The first kappa shape index (κ1) is 12.4. The average Bonchev–Trinajstić information content (AvgIpc) is 2.69. The third kappa shape index (κ3) is 2.78. The van der Waals surface area contributed by atoms with Gasteiger partial charge >= 0.3 is 5.97 Å². The van der Waals surface area contributed by atoms with Crippen LogP contribution in [0.5, 0.6) is 0 Å². The van der Waals surface area contributed by atoms with E-state index in [4.69, 9.17) is 14.6 Å². The van der Waals surface area contributed by atoms with Gasteiger partial charge in [-0.3, -0.25) is 0 Å². The molecule has 1 heterocycles. The fourth-order valence-corrected chi connectivity index (χ4v) is 1.52. The zero-order chi connectivity index (χ0) is 13.1. The number of hydrogen-bond acceptors (Lipinski definition) is 5. The standard InChI is InChI=1S/C12H14N2O4/c1-7(15)4-5-13-12-14-9-3-2-8(11(16)17)6-10(9)18-12/h2-3,6-7,15H,4-5H2,1H3,(H,13,14)(H,16,17). The Morgan fingerprint density at radius 1 is 1.56 bits per heavy atom. The minimum atomic E-state index is -1.00. The number of benzene rings is 1. The number of anilines is 1. The summed E-state index contributed by atoms with van der Waals surface area (Å²) in [6, 6.07) is 4.84. The number of aliphatic hydroxyl groups is 1. The molecule has 3 N–H and O–H groups in total. The minimum Gasteiger partial charge on any atom is -0.478 e. The quantitative estimate of drug-likeness (QED) is 0.747. The number of hydrogen-bond donors (Lipinski definition) is 3. The summed E-state index contributed by atoms with van der Waals surface area (Å²) >= 11 is 0. The van der Waals surface area contributed by atoms with E-state index in [-0.39, 0.29) is 11.7 Å². The van der Waals surface area contributed by atoms with Gasteiger partial charge in [0, 0.05) is 6.54 Å². The Balaban J connectivity index is 2.14. The van der Waals surface area contributed by atoms with Crippen molar-refractivity contribution in [1.29, 1.82) is 0 Å². The van der Waals surface area contributed by atoms with Gasteiger partial charge in [-0.05, 0) is 31.5 Å². The Kier molecular flexibility index (Phi) is 3.47. The molecular formula is C12H14N2O4. The van der Waals surface area contributed by atoms with Crippen LogP contribution in [0.25, 0.3) is 11.1 Å². The van der Waals surface area contributed by atoms with Crippen molar-refractivity contribution >= 4 is 23.1 Å². The van der Waals surface area contributed by atoms with Gasteiger partial charge in [0.15, 0.2) is 5.58 Å². The maximum atomic E-state index is 10.8. The number of carboxylic acid groups (broad SMARTS) is 1. The van der Waals surface area contributed by atoms with E-state index >= 15 is 0 Å². The lowest BCUT2D eigenvalue weighted by molar-refractivity contribution is 0.0697. The molecule has 6 nitrogen and oxygen atoms in total. The maximum Gasteiger partial charge on any atom is 0.335 e. The normalized spacial score (nSPS) is 12.6. The van der Waals surface area contributed by atoms with Crippen molar-refractivity contribution in [3.05, 3.63) is 23.8 Å². The number of aromatic nitrogens is 1. The van der Waals surface area contributed by atoms with Gasteiger partial charge in [0.1, 0.15) is 5.52 Å². The van der Waals surface area contributed by atoms with E-state index in [0.29, 0.717) is 30.1 Å². The second-order valence-electron chi connectivity index (χ2n) is 4.07. The Hall–Kier alpha value is -2.08. The van der Waals surface area contributed by atoms with Gasteiger partial charge in [-0.25, -0.2) is 4.79 Å². The summed E-state index contributed by atoms with van der Waals surface area (Å²) in [5, 5.41) is 20.9. The van der Waals surface area contributed by atoms with E-state index < -0.39 is 5.97 Å². The van der Waals surface area contributed by atoms with Crippen LogP contribution in [0.4, 0.5) is 6.01 Å². The SMILES string of the molecule is CC(O)CCNc1nc2ccc(C(=O)O)cc2o1. The van der Waals surface area contributed by atoms with Gasteiger partial charge in [0.05, 0.1) is 11.7 Å². The van der Waals surface area contributed by atoms with Crippen molar-refractivity contribution < 1.29 is 19.4 Å². The predicted octanol–water partition coefficient (Wildman–Crippen LogP) is 1.71. The number of carboxylic acids is 1. The van der Waals surface area contributed by atoms with E-state index in [1.54, 1.807) is 13.0 Å². The topological polar surface area (TPSA) is 95.6 Å². The number of aliphatic hydroxyl groups excluding tert-OH is 1. The predicted molar refractivity (Wildman–Crippen MR) is 65.8 cm³/mol. The maximum absolute atomic E-state index is 10.8. The molecular weight excluding hydrogens is 236 g/mol. The molecule has 0 radical (unpaired) electrons. The van der Waals surface area contributed by atoms with E-state index in [1.165, 1.54) is 12.1 Å². The average molecular weight is 250 g/mol. The largest absolute Gasteiger partial charge is 0.478 e. The molecule has 0 fully saturated rings. The molecule has 6 heteroatoms.